The third kappa shape index (κ3) is 2.29. The van der Waals surface area contributed by atoms with E-state index in [1.807, 2.05) is 0 Å². The Labute approximate surface area is 97.4 Å². The van der Waals surface area contributed by atoms with Gasteiger partial charge in [-0.15, -0.1) is 0 Å². The second kappa shape index (κ2) is 4.42. The highest BCUT2D eigenvalue weighted by atomic mass is 19.4. The lowest BCUT2D eigenvalue weighted by molar-refractivity contribution is -0.348. The SMILES string of the molecule is NCc1ccc(C(F)(C(F)(F)F)C(F)(F)F)cc1. The molecule has 0 unspecified atom stereocenters. The summed E-state index contributed by atoms with van der Waals surface area (Å²) >= 11 is 0. The van der Waals surface area contributed by atoms with Gasteiger partial charge in [-0.3, -0.25) is 0 Å². The van der Waals surface area contributed by atoms with Crippen LogP contribution in [0.3, 0.4) is 0 Å². The Hall–Kier alpha value is -1.31. The van der Waals surface area contributed by atoms with Crippen LogP contribution in [-0.4, -0.2) is 12.4 Å². The van der Waals surface area contributed by atoms with Crippen LogP contribution in [0.1, 0.15) is 11.1 Å². The molecule has 2 N–H and O–H groups in total. The summed E-state index contributed by atoms with van der Waals surface area (Å²) in [6.45, 7) is -0.0718. The van der Waals surface area contributed by atoms with E-state index in [9.17, 15) is 30.7 Å². The van der Waals surface area contributed by atoms with Crippen molar-refractivity contribution in [2.24, 2.45) is 5.73 Å². The van der Waals surface area contributed by atoms with Crippen LogP contribution in [0.5, 0.6) is 0 Å². The van der Waals surface area contributed by atoms with Crippen LogP contribution < -0.4 is 5.73 Å². The van der Waals surface area contributed by atoms with Gasteiger partial charge in [0.05, 0.1) is 0 Å². The van der Waals surface area contributed by atoms with Crippen LogP contribution in [0.4, 0.5) is 30.7 Å². The molecule has 0 amide bonds. The molecule has 0 bridgehead atoms. The van der Waals surface area contributed by atoms with Crippen LogP contribution in [0.15, 0.2) is 24.3 Å². The third-order valence-electron chi connectivity index (χ3n) is 2.37. The van der Waals surface area contributed by atoms with E-state index < -0.39 is 23.6 Å². The largest absolute Gasteiger partial charge is 0.435 e. The van der Waals surface area contributed by atoms with Crippen molar-refractivity contribution in [2.75, 3.05) is 0 Å². The molecule has 8 heteroatoms. The summed E-state index contributed by atoms with van der Waals surface area (Å²) < 4.78 is 87.6. The topological polar surface area (TPSA) is 26.0 Å². The first-order valence-electron chi connectivity index (χ1n) is 4.66. The molecule has 0 saturated heterocycles. The van der Waals surface area contributed by atoms with Gasteiger partial charge in [0.15, 0.2) is 0 Å². The third-order valence-corrected chi connectivity index (χ3v) is 2.37. The van der Waals surface area contributed by atoms with Crippen LogP contribution >= 0.6 is 0 Å². The van der Waals surface area contributed by atoms with Crippen LogP contribution in [0.2, 0.25) is 0 Å². The molecule has 0 aromatic heterocycles. The molecule has 1 aromatic rings. The average Bonchev–Trinajstić information content (AvgIpc) is 2.25. The fraction of sp³-hybridized carbons (Fsp3) is 0.400. The first-order valence-corrected chi connectivity index (χ1v) is 4.66. The van der Waals surface area contributed by atoms with Gasteiger partial charge in [-0.2, -0.15) is 26.3 Å². The number of halogens is 7. The van der Waals surface area contributed by atoms with Crippen molar-refractivity contribution in [2.45, 2.75) is 24.6 Å². The molecule has 0 heterocycles. The molecule has 0 radical (unpaired) electrons. The first kappa shape index (κ1) is 14.7. The second-order valence-electron chi connectivity index (χ2n) is 3.56. The van der Waals surface area contributed by atoms with E-state index in [2.05, 4.69) is 0 Å². The molecule has 102 valence electrons. The highest BCUT2D eigenvalue weighted by Gasteiger charge is 2.73. The minimum absolute atomic E-state index is 0.0718. The number of hydrogen-bond acceptors (Lipinski definition) is 1. The van der Waals surface area contributed by atoms with Crippen LogP contribution in [0, 0.1) is 0 Å². The summed E-state index contributed by atoms with van der Waals surface area (Å²) in [5.41, 5.74) is -1.46. The molecule has 0 spiro atoms. The smallest absolute Gasteiger partial charge is 0.326 e. The van der Waals surface area contributed by atoms with Gasteiger partial charge in [0.1, 0.15) is 0 Å². The van der Waals surface area contributed by atoms with E-state index >= 15 is 0 Å². The van der Waals surface area contributed by atoms with Gasteiger partial charge in [0, 0.05) is 12.1 Å². The Morgan fingerprint density at radius 1 is 0.778 bits per heavy atom. The van der Waals surface area contributed by atoms with Gasteiger partial charge in [0.25, 0.3) is 0 Å². The summed E-state index contributed by atoms with van der Waals surface area (Å²) in [6.07, 6.45) is -12.2. The fourth-order valence-corrected chi connectivity index (χ4v) is 1.36. The van der Waals surface area contributed by atoms with Crippen molar-refractivity contribution < 1.29 is 30.7 Å². The molecule has 0 atom stereocenters. The summed E-state index contributed by atoms with van der Waals surface area (Å²) in [6, 6.07) is 2.70. The molecule has 1 nitrogen and oxygen atoms in total. The maximum absolute atomic E-state index is 13.5. The van der Waals surface area contributed by atoms with Crippen molar-refractivity contribution in [1.29, 1.82) is 0 Å². The lowest BCUT2D eigenvalue weighted by Crippen LogP contribution is -2.50. The maximum Gasteiger partial charge on any atom is 0.435 e. The molecule has 1 rings (SSSR count). The van der Waals surface area contributed by atoms with Crippen LogP contribution in [0.25, 0.3) is 0 Å². The van der Waals surface area contributed by atoms with Gasteiger partial charge in [-0.1, -0.05) is 24.3 Å². The number of nitrogens with two attached hydrogens (primary N) is 1. The van der Waals surface area contributed by atoms with E-state index in [4.69, 9.17) is 5.73 Å². The summed E-state index contributed by atoms with van der Waals surface area (Å²) in [7, 11) is 0. The van der Waals surface area contributed by atoms with E-state index in [-0.39, 0.29) is 6.54 Å². The molecule has 0 aliphatic rings. The Kier molecular flexibility index (Phi) is 3.62. The number of rotatable bonds is 2. The predicted octanol–water partition coefficient (Wildman–Crippen LogP) is 3.43. The van der Waals surface area contributed by atoms with Crippen molar-refractivity contribution in [3.8, 4) is 0 Å². The number of hydrogen-bond donors (Lipinski definition) is 1. The Bertz CT molecular complexity index is 390. The van der Waals surface area contributed by atoms with Gasteiger partial charge < -0.3 is 5.73 Å². The molecule has 0 aliphatic carbocycles. The number of benzene rings is 1. The molecular formula is C10H8F7N. The maximum atomic E-state index is 13.5. The van der Waals surface area contributed by atoms with Crippen molar-refractivity contribution in [3.05, 3.63) is 35.4 Å². The zero-order valence-corrected chi connectivity index (χ0v) is 8.74. The average molecular weight is 275 g/mol. The zero-order chi connectivity index (χ0) is 14.2. The minimum Gasteiger partial charge on any atom is -0.326 e. The first-order chi connectivity index (χ1) is 8.04. The molecule has 18 heavy (non-hydrogen) atoms. The minimum atomic E-state index is -6.09. The molecular weight excluding hydrogens is 267 g/mol. The van der Waals surface area contributed by atoms with E-state index in [1.165, 1.54) is 0 Å². The lowest BCUT2D eigenvalue weighted by atomic mass is 9.93. The van der Waals surface area contributed by atoms with Crippen LogP contribution in [-0.2, 0) is 12.2 Å². The fourth-order valence-electron chi connectivity index (χ4n) is 1.36. The standard InChI is InChI=1S/C10H8F7N/c11-8(9(12,13)14,10(15,16)17)7-3-1-6(5-18)2-4-7/h1-4H,5,18H2. The van der Waals surface area contributed by atoms with Crippen molar-refractivity contribution >= 4 is 0 Å². The second-order valence-corrected chi connectivity index (χ2v) is 3.56. The van der Waals surface area contributed by atoms with Gasteiger partial charge in [-0.05, 0) is 5.56 Å². The zero-order valence-electron chi connectivity index (χ0n) is 8.74. The molecule has 0 aliphatic heterocycles. The summed E-state index contributed by atoms with van der Waals surface area (Å²) in [5, 5.41) is 0. The Balaban J connectivity index is 3.36. The Morgan fingerprint density at radius 3 is 1.44 bits per heavy atom. The molecule has 0 saturated carbocycles. The van der Waals surface area contributed by atoms with Crippen molar-refractivity contribution in [3.63, 3.8) is 0 Å². The monoisotopic (exact) mass is 275 g/mol. The number of alkyl halides is 7. The van der Waals surface area contributed by atoms with E-state index in [0.717, 1.165) is 12.1 Å². The van der Waals surface area contributed by atoms with Crippen molar-refractivity contribution in [1.82, 2.24) is 0 Å². The van der Waals surface area contributed by atoms with E-state index in [1.54, 1.807) is 0 Å². The molecule has 1 aromatic carbocycles. The summed E-state index contributed by atoms with van der Waals surface area (Å²) in [5.74, 6) is 0. The predicted molar refractivity (Wildman–Crippen MR) is 49.2 cm³/mol. The summed E-state index contributed by atoms with van der Waals surface area (Å²) in [4.78, 5) is 0. The van der Waals surface area contributed by atoms with E-state index in [0.29, 0.717) is 17.7 Å². The van der Waals surface area contributed by atoms with Gasteiger partial charge in [-0.25, -0.2) is 4.39 Å². The van der Waals surface area contributed by atoms with Gasteiger partial charge >= 0.3 is 18.0 Å². The lowest BCUT2D eigenvalue weighted by Gasteiger charge is -2.30. The quantitative estimate of drug-likeness (QED) is 0.822. The molecule has 0 fully saturated rings. The highest BCUT2D eigenvalue weighted by Crippen LogP contribution is 2.53. The normalized spacial score (nSPS) is 13.8. The highest BCUT2D eigenvalue weighted by molar-refractivity contribution is 5.30. The van der Waals surface area contributed by atoms with Gasteiger partial charge in [0.2, 0.25) is 0 Å². The Morgan fingerprint density at radius 2 is 1.17 bits per heavy atom.